The maximum Gasteiger partial charge on any atom is 0.100 e. The van der Waals surface area contributed by atoms with E-state index < -0.39 is 0 Å². The van der Waals surface area contributed by atoms with Gasteiger partial charge in [0.15, 0.2) is 0 Å². The van der Waals surface area contributed by atoms with Crippen molar-refractivity contribution in [3.05, 3.63) is 35.9 Å². The minimum absolute atomic E-state index is 0. The van der Waals surface area contributed by atoms with Crippen LogP contribution >= 0.6 is 0 Å². The molecule has 3 N–H and O–H groups in total. The summed E-state index contributed by atoms with van der Waals surface area (Å²) in [5.41, 5.74) is 6.35. The summed E-state index contributed by atoms with van der Waals surface area (Å²) < 4.78 is 0. The van der Waals surface area contributed by atoms with E-state index >= 15 is 0 Å². The van der Waals surface area contributed by atoms with E-state index in [-0.39, 0.29) is 7.03 Å². The molecule has 0 unspecified atom stereocenters. The summed E-state index contributed by atoms with van der Waals surface area (Å²) in [4.78, 5) is 4.48. The Kier molecular flexibility index (Phi) is 7.82. The molecule has 0 saturated heterocycles. The van der Waals surface area contributed by atoms with Crippen molar-refractivity contribution in [3.8, 4) is 0 Å². The van der Waals surface area contributed by atoms with Crippen LogP contribution < -0.4 is 5.73 Å². The fourth-order valence-corrected chi connectivity index (χ4v) is 2.68. The molecule has 2 rings (SSSR count). The van der Waals surface area contributed by atoms with Gasteiger partial charge in [-0.1, -0.05) is 49.6 Å². The van der Waals surface area contributed by atoms with Gasteiger partial charge in [0.05, 0.1) is 0 Å². The Bertz CT molecular complexity index is 351. The van der Waals surface area contributed by atoms with E-state index in [2.05, 4.69) is 17.0 Å². The highest BCUT2D eigenvalue weighted by molar-refractivity contribution is 5.14. The second kappa shape index (κ2) is 9.11. The smallest absolute Gasteiger partial charge is 0.100 e. The fourth-order valence-electron chi connectivity index (χ4n) is 2.68. The Balaban J connectivity index is 0.000000370. The van der Waals surface area contributed by atoms with Crippen LogP contribution in [0.4, 0.5) is 0 Å². The second-order valence-electron chi connectivity index (χ2n) is 6.05. The van der Waals surface area contributed by atoms with Crippen LogP contribution in [0.1, 0.15) is 52.9 Å². The van der Waals surface area contributed by atoms with E-state index in [0.717, 1.165) is 13.0 Å². The highest BCUT2D eigenvalue weighted by atomic mass is 17.1. The summed E-state index contributed by atoms with van der Waals surface area (Å²) in [6.07, 6.45) is 7.31. The Morgan fingerprint density at radius 3 is 2.30 bits per heavy atom. The monoisotopic (exact) mass is 281 g/mol. The van der Waals surface area contributed by atoms with Gasteiger partial charge in [-0.3, -0.25) is 5.26 Å². The molecular weight excluding hydrogens is 250 g/mol. The predicted octanol–water partition coefficient (Wildman–Crippen LogP) is 4.27. The molecule has 1 saturated carbocycles. The van der Waals surface area contributed by atoms with E-state index in [1.807, 2.05) is 32.0 Å². The van der Waals surface area contributed by atoms with E-state index in [4.69, 9.17) is 11.0 Å². The summed E-state index contributed by atoms with van der Waals surface area (Å²) in [6.45, 7) is 4.66. The minimum atomic E-state index is -0.333. The van der Waals surface area contributed by atoms with Gasteiger partial charge < -0.3 is 5.73 Å². The highest BCUT2D eigenvalue weighted by Gasteiger charge is 2.31. The third-order valence-corrected chi connectivity index (χ3v) is 4.10. The first-order valence-electron chi connectivity index (χ1n) is 7.66. The van der Waals surface area contributed by atoms with E-state index in [0.29, 0.717) is 5.92 Å². The molecule has 1 aliphatic carbocycles. The van der Waals surface area contributed by atoms with Crippen LogP contribution in [-0.2, 0) is 11.3 Å². The molecule has 1 aliphatic rings. The lowest BCUT2D eigenvalue weighted by molar-refractivity contribution is -0.328. The van der Waals surface area contributed by atoms with Crippen molar-refractivity contribution < 1.29 is 11.6 Å². The van der Waals surface area contributed by atoms with E-state index in [1.54, 1.807) is 0 Å². The van der Waals surface area contributed by atoms with Gasteiger partial charge in [-0.25, -0.2) is 4.89 Å². The number of hydrogen-bond acceptors (Lipinski definition) is 3. The van der Waals surface area contributed by atoms with Gasteiger partial charge >= 0.3 is 0 Å². The first kappa shape index (κ1) is 17.2. The average Bonchev–Trinajstić information content (AvgIpc) is 2.50. The van der Waals surface area contributed by atoms with Crippen LogP contribution in [0.25, 0.3) is 0 Å². The Morgan fingerprint density at radius 2 is 1.80 bits per heavy atom. The average molecular weight is 281 g/mol. The summed E-state index contributed by atoms with van der Waals surface area (Å²) in [7, 11) is 0. The van der Waals surface area contributed by atoms with Crippen molar-refractivity contribution >= 4 is 0 Å². The molecule has 1 aromatic carbocycles. The number of nitrogens with two attached hydrogens (primary N) is 1. The Labute approximate surface area is 124 Å². The molecule has 3 nitrogen and oxygen atoms in total. The summed E-state index contributed by atoms with van der Waals surface area (Å²) in [6, 6.07) is 10.3. The van der Waals surface area contributed by atoms with Gasteiger partial charge in [0, 0.05) is 1.43 Å². The van der Waals surface area contributed by atoms with Crippen LogP contribution in [0, 0.1) is 5.92 Å². The fraction of sp³-hybridized carbons (Fsp3) is 0.647. The van der Waals surface area contributed by atoms with Crippen molar-refractivity contribution in [2.45, 2.75) is 58.0 Å². The molecule has 116 valence electrons. The second-order valence-corrected chi connectivity index (χ2v) is 6.05. The van der Waals surface area contributed by atoms with Gasteiger partial charge in [0.2, 0.25) is 0 Å². The molecule has 3 heteroatoms. The van der Waals surface area contributed by atoms with Crippen LogP contribution in [-0.4, -0.2) is 17.4 Å². The Morgan fingerprint density at radius 1 is 1.20 bits per heavy atom. The lowest BCUT2D eigenvalue weighted by atomic mass is 9.79. The molecule has 20 heavy (non-hydrogen) atoms. The summed E-state index contributed by atoms with van der Waals surface area (Å²) >= 11 is 0. The first-order chi connectivity index (χ1) is 9.60. The van der Waals surface area contributed by atoms with Crippen molar-refractivity contribution in [1.29, 1.82) is 0 Å². The van der Waals surface area contributed by atoms with Gasteiger partial charge in [0.25, 0.3) is 0 Å². The Hall–Kier alpha value is -0.900. The van der Waals surface area contributed by atoms with Gasteiger partial charge in [-0.05, 0) is 51.1 Å². The summed E-state index contributed by atoms with van der Waals surface area (Å²) in [5.74, 6) is 0.543. The third-order valence-electron chi connectivity index (χ3n) is 4.10. The van der Waals surface area contributed by atoms with Crippen molar-refractivity contribution in [1.82, 2.24) is 0 Å². The van der Waals surface area contributed by atoms with Crippen molar-refractivity contribution in [2.75, 3.05) is 6.54 Å². The SMILES string of the molecule is CC(C)(OO)C1CCCCC1.NCCc1ccccc1.[HH]. The largest absolute Gasteiger partial charge is 0.330 e. The molecule has 1 aromatic rings. The van der Waals surface area contributed by atoms with E-state index in [9.17, 15) is 0 Å². The summed E-state index contributed by atoms with van der Waals surface area (Å²) in [5, 5.41) is 8.65. The molecule has 0 aliphatic heterocycles. The number of benzene rings is 1. The van der Waals surface area contributed by atoms with Crippen LogP contribution in [0.15, 0.2) is 30.3 Å². The zero-order valence-electron chi connectivity index (χ0n) is 12.8. The quantitative estimate of drug-likeness (QED) is 0.640. The number of rotatable bonds is 4. The molecule has 0 radical (unpaired) electrons. The molecule has 1 fully saturated rings. The molecule has 0 spiro atoms. The molecule has 0 aromatic heterocycles. The molecular formula is C17H31NO2. The highest BCUT2D eigenvalue weighted by Crippen LogP contribution is 2.33. The third kappa shape index (κ3) is 6.04. The molecule has 0 bridgehead atoms. The molecule has 0 amide bonds. The lowest BCUT2D eigenvalue weighted by Crippen LogP contribution is -2.34. The topological polar surface area (TPSA) is 55.5 Å². The normalized spacial score (nSPS) is 16.4. The van der Waals surface area contributed by atoms with Gasteiger partial charge in [-0.15, -0.1) is 0 Å². The van der Waals surface area contributed by atoms with Crippen molar-refractivity contribution in [3.63, 3.8) is 0 Å². The lowest BCUT2D eigenvalue weighted by Gasteiger charge is -2.33. The van der Waals surface area contributed by atoms with Crippen LogP contribution in [0.2, 0.25) is 0 Å². The van der Waals surface area contributed by atoms with Crippen molar-refractivity contribution in [2.24, 2.45) is 11.7 Å². The maximum absolute atomic E-state index is 8.65. The minimum Gasteiger partial charge on any atom is -0.330 e. The predicted molar refractivity (Wildman–Crippen MR) is 85.7 cm³/mol. The number of hydrogen-bond donors (Lipinski definition) is 2. The van der Waals surface area contributed by atoms with E-state index in [1.165, 1.54) is 37.7 Å². The zero-order chi connectivity index (χ0) is 14.8. The molecule has 0 heterocycles. The molecule has 0 atom stereocenters. The van der Waals surface area contributed by atoms with Crippen LogP contribution in [0.5, 0.6) is 0 Å². The standard InChI is InChI=1S/C9H18O2.C8H11N.H2/c1-9(2,11-10)8-6-4-3-5-7-8;9-7-6-8-4-2-1-3-5-8;/h8,10H,3-7H2,1-2H3;1-5H,6-7,9H2;1H. The van der Waals surface area contributed by atoms with Crippen LogP contribution in [0.3, 0.4) is 0 Å². The van der Waals surface area contributed by atoms with Gasteiger partial charge in [0.1, 0.15) is 5.60 Å². The zero-order valence-corrected chi connectivity index (χ0v) is 12.8. The van der Waals surface area contributed by atoms with Gasteiger partial charge in [-0.2, -0.15) is 0 Å². The first-order valence-corrected chi connectivity index (χ1v) is 7.66. The maximum atomic E-state index is 8.65.